The molecule has 16 atom stereocenters. The molecule has 0 aromatic heterocycles. The van der Waals surface area contributed by atoms with Gasteiger partial charge >= 0.3 is 5.97 Å². The van der Waals surface area contributed by atoms with Crippen molar-refractivity contribution in [1.29, 1.82) is 0 Å². The van der Waals surface area contributed by atoms with Crippen molar-refractivity contribution < 1.29 is 59.1 Å². The van der Waals surface area contributed by atoms with Gasteiger partial charge in [0.25, 0.3) is 0 Å². The number of hydrogen-bond acceptors (Lipinski definition) is 14. The van der Waals surface area contributed by atoms with Crippen LogP contribution in [0.5, 0.6) is 11.5 Å². The van der Waals surface area contributed by atoms with Gasteiger partial charge in [0.05, 0.1) is 61.9 Å². The Morgan fingerprint density at radius 2 is 1.18 bits per heavy atom. The number of benzene rings is 3. The summed E-state index contributed by atoms with van der Waals surface area (Å²) < 4.78 is 12.5. The number of carbonyl (C=O) groups is 3. The second-order valence-corrected chi connectivity index (χ2v) is 25.5. The van der Waals surface area contributed by atoms with Crippen molar-refractivity contribution in [2.75, 3.05) is 46.4 Å². The van der Waals surface area contributed by atoms with Gasteiger partial charge in [0.15, 0.2) is 0 Å². The first-order valence-corrected chi connectivity index (χ1v) is 28.5. The summed E-state index contributed by atoms with van der Waals surface area (Å²) in [5, 5.41) is 61.1. The van der Waals surface area contributed by atoms with Crippen LogP contribution in [0.2, 0.25) is 0 Å². The Kier molecular flexibility index (Phi) is 18.0. The number of methoxy groups -OCH3 is 2. The summed E-state index contributed by atoms with van der Waals surface area (Å²) in [7, 11) is 6.88. The first kappa shape index (κ1) is 59.0. The normalized spacial score (nSPS) is 32.6. The average Bonchev–Trinajstić information content (AvgIpc) is 3.95. The Morgan fingerprint density at radius 3 is 1.57 bits per heavy atom. The maximum Gasteiger partial charge on any atom is 0.335 e. The van der Waals surface area contributed by atoms with Gasteiger partial charge in [-0.15, -0.1) is 0 Å². The molecule has 11 rings (SSSR count). The molecule has 2 heterocycles. The molecule has 77 heavy (non-hydrogen) atoms. The number of aliphatic hydroxyl groups excluding tert-OH is 4. The fourth-order valence-corrected chi connectivity index (χ4v) is 15.3. The first-order chi connectivity index (χ1) is 36.4. The lowest BCUT2D eigenvalue weighted by Crippen LogP contribution is -2.62. The second-order valence-electron chi connectivity index (χ2n) is 24.4. The molecule has 17 nitrogen and oxygen atoms in total. The molecule has 3 aromatic carbocycles. The van der Waals surface area contributed by atoms with E-state index in [0.717, 1.165) is 33.4 Å². The zero-order valence-corrected chi connectivity index (χ0v) is 49.1. The molecule has 6 saturated carbocycles. The van der Waals surface area contributed by atoms with Crippen molar-refractivity contribution in [1.82, 2.24) is 20.8 Å². The predicted octanol–water partition coefficient (Wildman–Crippen LogP) is 6.75. The number of aliphatic hydroxyl groups is 4. The number of rotatable bonds is 17. The van der Waals surface area contributed by atoms with E-state index in [4.69, 9.17) is 19.1 Å². The number of carboxylic acid groups (broad SMARTS) is 1. The number of amides is 2. The Morgan fingerprint density at radius 1 is 0.727 bits per heavy atom. The van der Waals surface area contributed by atoms with Gasteiger partial charge in [-0.3, -0.25) is 19.3 Å². The maximum atomic E-state index is 14.0. The third kappa shape index (κ3) is 11.3. The van der Waals surface area contributed by atoms with Crippen LogP contribution < -0.4 is 25.0 Å². The summed E-state index contributed by atoms with van der Waals surface area (Å²) >= 11 is 2.22. The van der Waals surface area contributed by atoms with E-state index in [1.54, 1.807) is 50.3 Å². The number of carboxylic acids is 1. The highest BCUT2D eigenvalue weighted by molar-refractivity contribution is 14.1. The zero-order valence-electron chi connectivity index (χ0n) is 46.9. The molecule has 424 valence electrons. The summed E-state index contributed by atoms with van der Waals surface area (Å²) in [4.78, 5) is 53.7. The fourth-order valence-electron chi connectivity index (χ4n) is 14.5. The Bertz CT molecular complexity index is 2610. The zero-order chi connectivity index (χ0) is 56.2. The van der Waals surface area contributed by atoms with Crippen molar-refractivity contribution in [3.8, 4) is 22.6 Å². The topological polar surface area (TPSA) is 223 Å². The minimum absolute atomic E-state index is 0.0363. The minimum Gasteiger partial charge on any atom is -0.496 e. The van der Waals surface area contributed by atoms with Crippen LogP contribution in [-0.2, 0) is 32.4 Å². The van der Waals surface area contributed by atoms with E-state index in [9.17, 15) is 39.9 Å². The number of ether oxygens (including phenoxy) is 2. The molecule has 18 heteroatoms. The number of anilines is 1. The number of hydroxylamine groups is 4. The van der Waals surface area contributed by atoms with Crippen LogP contribution in [0, 0.1) is 61.7 Å². The molecule has 6 aliphatic carbocycles. The van der Waals surface area contributed by atoms with Crippen LogP contribution in [0.3, 0.4) is 0 Å². The monoisotopic (exact) mass is 1180 g/mol. The minimum atomic E-state index is -1.03. The molecule has 0 unspecified atom stereocenters. The molecular weight excluding hydrogens is 1100 g/mol. The smallest absolute Gasteiger partial charge is 0.335 e. The molecule has 8 aliphatic rings. The van der Waals surface area contributed by atoms with Crippen LogP contribution in [0.4, 0.5) is 5.69 Å². The number of aromatic carboxylic acids is 1. The van der Waals surface area contributed by atoms with E-state index in [1.165, 1.54) is 12.8 Å². The van der Waals surface area contributed by atoms with E-state index in [1.807, 2.05) is 61.5 Å². The fraction of sp³-hybridized carbons (Fsp3) is 0.644. The van der Waals surface area contributed by atoms with Gasteiger partial charge in [-0.2, -0.15) is 10.1 Å². The summed E-state index contributed by atoms with van der Waals surface area (Å²) in [6.07, 6.45) is 1.23. The summed E-state index contributed by atoms with van der Waals surface area (Å²) in [6, 6.07) is 15.2. The SMILES string of the molecule is COc1c(CN2O[C@@H](CO)[C@@H]([C@H](C)O)[C@H]2C(=O)N[C@H]2C[C@H]3C[C@@H]([C@@H]2C)C3(C)C)cccc1-c1cc(C(=O)O)cc(N(C)C)c1.COc1c(I)cccc1CN1O[C@@H](CO)[C@@H]([C@H](C)O)[C@H]1C(=O)N[C@H]1C[C@H]2C[C@@H]([C@@H]1C)C2(C)C. The Balaban J connectivity index is 0.000000212. The molecule has 2 saturated heterocycles. The van der Waals surface area contributed by atoms with Crippen LogP contribution in [0.15, 0.2) is 54.6 Å². The number of hydrogen-bond donors (Lipinski definition) is 7. The van der Waals surface area contributed by atoms with Gasteiger partial charge in [-0.05, 0) is 138 Å². The van der Waals surface area contributed by atoms with Gasteiger partial charge in [-0.1, -0.05) is 71.9 Å². The quantitative estimate of drug-likeness (QED) is 0.0695. The van der Waals surface area contributed by atoms with Crippen LogP contribution >= 0.6 is 22.6 Å². The summed E-state index contributed by atoms with van der Waals surface area (Å²) in [6.45, 7) is 16.9. The number of nitrogens with zero attached hydrogens (tertiary/aromatic N) is 3. The van der Waals surface area contributed by atoms with Crippen molar-refractivity contribution in [2.24, 2.45) is 58.2 Å². The lowest BCUT2D eigenvalue weighted by molar-refractivity contribution is -0.183. The number of halogens is 1. The molecule has 4 bridgehead atoms. The standard InChI is InChI=1S/C34H47N3O7.C25H37IN2O5/c1-18-26-14-23(34(26,3)4)15-27(18)35-32(40)30-29(19(2)39)28(17-38)44-37(30)16-20-9-8-10-25(31(20)43-7)21-11-22(33(41)42)13-24(12-21)36(5)6;1-13-17-9-16(25(17,3)4)10-19(13)27-24(31)22-21(14(2)30)20(12-29)33-28(22)11-15-7-6-8-18(26)23(15)32-5/h8-13,18-19,23,26-30,38-39H,14-17H2,1-7H3,(H,35,40)(H,41,42);6-8,13-14,16-17,19-22,29-30H,9-12H2,1-5H3,(H,27,31)/t18-,19-,23+,26-,27-,28-,29+,30-;13-,14-,16+,17-,19-,20-,21+,22-/m00/s1. The van der Waals surface area contributed by atoms with Gasteiger partial charge in [-0.25, -0.2) is 4.79 Å². The van der Waals surface area contributed by atoms with Crippen molar-refractivity contribution in [2.45, 2.75) is 143 Å². The van der Waals surface area contributed by atoms with E-state index >= 15 is 0 Å². The molecular formula is C59H84IN5O12. The highest BCUT2D eigenvalue weighted by atomic mass is 127. The lowest BCUT2D eigenvalue weighted by atomic mass is 9.45. The summed E-state index contributed by atoms with van der Waals surface area (Å²) in [5.41, 5.74) is 4.48. The second kappa shape index (κ2) is 23.5. The number of carbonyl (C=O) groups excluding carboxylic acids is 2. The molecule has 0 radical (unpaired) electrons. The van der Waals surface area contributed by atoms with E-state index in [0.29, 0.717) is 69.9 Å². The predicted molar refractivity (Wildman–Crippen MR) is 301 cm³/mol. The number of para-hydroxylation sites is 2. The van der Waals surface area contributed by atoms with E-state index in [2.05, 4.69) is 74.8 Å². The molecule has 3 aromatic rings. The Labute approximate surface area is 468 Å². The van der Waals surface area contributed by atoms with Gasteiger partial charge in [0.1, 0.15) is 35.8 Å². The highest BCUT2D eigenvalue weighted by Gasteiger charge is 2.59. The Hall–Kier alpha value is -4.12. The molecule has 2 aliphatic heterocycles. The first-order valence-electron chi connectivity index (χ1n) is 27.5. The molecule has 0 spiro atoms. The molecule has 7 N–H and O–H groups in total. The summed E-state index contributed by atoms with van der Waals surface area (Å²) in [5.74, 6) is 1.80. The molecule has 2 amide bonds. The lowest BCUT2D eigenvalue weighted by Gasteiger charge is -2.62. The number of nitrogens with one attached hydrogen (secondary N) is 2. The number of fused-ring (bicyclic) bond motifs is 4. The highest BCUT2D eigenvalue weighted by Crippen LogP contribution is 2.62. The van der Waals surface area contributed by atoms with Gasteiger partial charge < -0.3 is 50.5 Å². The van der Waals surface area contributed by atoms with Gasteiger partial charge in [0, 0.05) is 60.4 Å². The van der Waals surface area contributed by atoms with Crippen molar-refractivity contribution in [3.05, 3.63) is 74.9 Å². The van der Waals surface area contributed by atoms with Crippen molar-refractivity contribution >= 4 is 46.1 Å². The average molecular weight is 1180 g/mol. The maximum absolute atomic E-state index is 14.0. The molecule has 8 fully saturated rings. The third-order valence-corrected chi connectivity index (χ3v) is 20.2. The van der Waals surface area contributed by atoms with Gasteiger partial charge in [0.2, 0.25) is 11.8 Å². The van der Waals surface area contributed by atoms with Crippen LogP contribution in [-0.4, -0.2) is 144 Å². The van der Waals surface area contributed by atoms with Crippen LogP contribution in [0.25, 0.3) is 11.1 Å². The van der Waals surface area contributed by atoms with Crippen molar-refractivity contribution in [3.63, 3.8) is 0 Å². The largest absolute Gasteiger partial charge is 0.496 e. The van der Waals surface area contributed by atoms with E-state index in [-0.39, 0.29) is 54.6 Å². The van der Waals surface area contributed by atoms with E-state index < -0.39 is 54.3 Å². The third-order valence-electron chi connectivity index (χ3n) is 19.3. The van der Waals surface area contributed by atoms with Crippen LogP contribution in [0.1, 0.15) is 103 Å².